The van der Waals surface area contributed by atoms with E-state index in [0.717, 1.165) is 41.3 Å². The van der Waals surface area contributed by atoms with E-state index in [1.807, 2.05) is 12.1 Å². The molecule has 2 saturated heterocycles. The second-order valence-electron chi connectivity index (χ2n) is 9.90. The number of piperidine rings is 2. The summed E-state index contributed by atoms with van der Waals surface area (Å²) in [7, 11) is 0. The number of alkyl halides is 2. The largest absolute Gasteiger partial charge is 0.371 e. The summed E-state index contributed by atoms with van der Waals surface area (Å²) in [6.45, 7) is 1.65. The predicted molar refractivity (Wildman–Crippen MR) is 138 cm³/mol. The number of nitrogens with one attached hydrogen (secondary N) is 2. The summed E-state index contributed by atoms with van der Waals surface area (Å²) in [5.74, 6) is -4.83. The molecule has 0 unspecified atom stereocenters. The minimum atomic E-state index is -2.78. The van der Waals surface area contributed by atoms with Crippen LogP contribution in [0.2, 0.25) is 0 Å². The lowest BCUT2D eigenvalue weighted by molar-refractivity contribution is -0.0222. The molecule has 36 heavy (non-hydrogen) atoms. The molecule has 11 heteroatoms. The molecule has 1 saturated carbocycles. The van der Waals surface area contributed by atoms with Gasteiger partial charge in [0.15, 0.2) is 11.6 Å². The first-order chi connectivity index (χ1) is 17.1. The Morgan fingerprint density at radius 2 is 1.50 bits per heavy atom. The van der Waals surface area contributed by atoms with Gasteiger partial charge in [0.1, 0.15) is 5.69 Å². The Labute approximate surface area is 220 Å². The third-order valence-electron chi connectivity index (χ3n) is 7.47. The monoisotopic (exact) mass is 613 g/mol. The van der Waals surface area contributed by atoms with E-state index in [1.54, 1.807) is 6.07 Å². The van der Waals surface area contributed by atoms with Crippen molar-refractivity contribution in [2.45, 2.75) is 44.4 Å². The second-order valence-corrected chi connectivity index (χ2v) is 11.1. The lowest BCUT2D eigenvalue weighted by atomic mass is 9.93. The van der Waals surface area contributed by atoms with Crippen LogP contribution >= 0.6 is 22.6 Å². The van der Waals surface area contributed by atoms with Crippen molar-refractivity contribution in [1.82, 2.24) is 15.8 Å². The van der Waals surface area contributed by atoms with Crippen LogP contribution in [0.1, 0.15) is 59.4 Å². The van der Waals surface area contributed by atoms with Gasteiger partial charge in [-0.2, -0.15) is 0 Å². The summed E-state index contributed by atoms with van der Waals surface area (Å²) in [6, 6.07) is 7.81. The van der Waals surface area contributed by atoms with Crippen LogP contribution in [0.5, 0.6) is 0 Å². The maximum atomic E-state index is 14.4. The van der Waals surface area contributed by atoms with Gasteiger partial charge in [0.2, 0.25) is 0 Å². The van der Waals surface area contributed by atoms with Crippen LogP contribution in [0.3, 0.4) is 0 Å². The van der Waals surface area contributed by atoms with Crippen LogP contribution in [0, 0.1) is 14.8 Å². The zero-order chi connectivity index (χ0) is 25.5. The summed E-state index contributed by atoms with van der Waals surface area (Å²) >= 11 is 2.21. The smallest absolute Gasteiger partial charge is 0.288 e. The number of anilines is 2. The molecule has 3 heterocycles. The van der Waals surface area contributed by atoms with Crippen molar-refractivity contribution in [2.24, 2.45) is 5.41 Å². The molecule has 1 aromatic carbocycles. The zero-order valence-electron chi connectivity index (χ0n) is 19.6. The van der Waals surface area contributed by atoms with Crippen LogP contribution in [0.15, 0.2) is 30.3 Å². The number of hydrazine groups is 1. The van der Waals surface area contributed by atoms with E-state index in [0.29, 0.717) is 11.0 Å². The number of benzene rings is 1. The molecule has 2 amide bonds. The highest BCUT2D eigenvalue weighted by Crippen LogP contribution is 2.54. The second kappa shape index (κ2) is 9.71. The lowest BCUT2D eigenvalue weighted by Gasteiger charge is -2.35. The Balaban J connectivity index is 1.25. The van der Waals surface area contributed by atoms with Gasteiger partial charge >= 0.3 is 0 Å². The summed E-state index contributed by atoms with van der Waals surface area (Å²) in [5, 5.41) is 0. The molecule has 1 spiro atoms. The topological polar surface area (TPSA) is 77.6 Å². The highest BCUT2D eigenvalue weighted by atomic mass is 127. The molecular formula is C25H27F3IN5O2. The standard InChI is InChI=1S/C25H27F3IN5O2/c26-18-3-4-19(30-21(18)34-13-9-25(27,28)10-14-34)23(36)32-31-22(35)17-2-1-16(29)15-20(17)33-11-7-24(5-6-24)8-12-33/h1-4,15H,5-14H2,(H,31,35)(H,32,36). The van der Waals surface area contributed by atoms with E-state index < -0.39 is 36.4 Å². The first-order valence-corrected chi connectivity index (χ1v) is 13.2. The van der Waals surface area contributed by atoms with E-state index in [9.17, 15) is 22.8 Å². The number of nitrogens with zero attached hydrogens (tertiary/aromatic N) is 3. The fraction of sp³-hybridized carbons (Fsp3) is 0.480. The lowest BCUT2D eigenvalue weighted by Crippen LogP contribution is -2.43. The fourth-order valence-corrected chi connectivity index (χ4v) is 5.40. The molecule has 3 aliphatic rings. The highest BCUT2D eigenvalue weighted by Gasteiger charge is 2.44. The molecule has 1 aliphatic carbocycles. The number of pyridine rings is 1. The van der Waals surface area contributed by atoms with Gasteiger partial charge in [0, 0.05) is 42.6 Å². The van der Waals surface area contributed by atoms with Gasteiger partial charge in [-0.15, -0.1) is 0 Å². The number of amides is 2. The van der Waals surface area contributed by atoms with Gasteiger partial charge in [-0.1, -0.05) is 0 Å². The number of halogens is 4. The minimum absolute atomic E-state index is 0.0636. The first-order valence-electron chi connectivity index (χ1n) is 12.1. The summed E-state index contributed by atoms with van der Waals surface area (Å²) in [4.78, 5) is 33.4. The van der Waals surface area contributed by atoms with Gasteiger partial charge in [-0.05, 0) is 84.0 Å². The molecule has 0 atom stereocenters. The van der Waals surface area contributed by atoms with Crippen molar-refractivity contribution in [3.63, 3.8) is 0 Å². The molecule has 1 aromatic heterocycles. The van der Waals surface area contributed by atoms with Crippen molar-refractivity contribution in [3.05, 3.63) is 51.0 Å². The summed E-state index contributed by atoms with van der Waals surface area (Å²) < 4.78 is 42.3. The molecule has 2 aromatic rings. The Bertz CT molecular complexity index is 1170. The van der Waals surface area contributed by atoms with Crippen LogP contribution < -0.4 is 20.7 Å². The van der Waals surface area contributed by atoms with E-state index in [-0.39, 0.29) is 24.6 Å². The van der Waals surface area contributed by atoms with E-state index in [1.165, 1.54) is 23.8 Å². The molecule has 7 nitrogen and oxygen atoms in total. The zero-order valence-corrected chi connectivity index (χ0v) is 21.8. The van der Waals surface area contributed by atoms with Crippen molar-refractivity contribution >= 4 is 45.9 Å². The first kappa shape index (κ1) is 25.1. The number of hydrogen-bond acceptors (Lipinski definition) is 5. The minimum Gasteiger partial charge on any atom is -0.371 e. The molecule has 5 rings (SSSR count). The maximum absolute atomic E-state index is 14.4. The quantitative estimate of drug-likeness (QED) is 0.392. The fourth-order valence-electron chi connectivity index (χ4n) is 4.93. The average molecular weight is 613 g/mol. The van der Waals surface area contributed by atoms with Crippen molar-refractivity contribution < 1.29 is 22.8 Å². The molecule has 192 valence electrons. The van der Waals surface area contributed by atoms with Crippen molar-refractivity contribution in [2.75, 3.05) is 36.0 Å². The maximum Gasteiger partial charge on any atom is 0.288 e. The van der Waals surface area contributed by atoms with Gasteiger partial charge in [0.05, 0.1) is 11.3 Å². The van der Waals surface area contributed by atoms with Crippen LogP contribution in [-0.4, -0.2) is 48.9 Å². The van der Waals surface area contributed by atoms with Crippen molar-refractivity contribution in [1.29, 1.82) is 0 Å². The van der Waals surface area contributed by atoms with Crippen LogP contribution in [0.25, 0.3) is 0 Å². The Kier molecular flexibility index (Phi) is 6.77. The Hall–Kier alpha value is -2.57. The molecule has 2 N–H and O–H groups in total. The SMILES string of the molecule is O=C(NNC(=O)c1ccc(I)cc1N1CCC2(CC1)CC2)c1ccc(F)c(N2CCC(F)(F)CC2)n1. The van der Waals surface area contributed by atoms with Gasteiger partial charge < -0.3 is 9.80 Å². The molecule has 3 fully saturated rings. The Morgan fingerprint density at radius 1 is 0.861 bits per heavy atom. The Morgan fingerprint density at radius 3 is 2.17 bits per heavy atom. The third-order valence-corrected chi connectivity index (χ3v) is 8.14. The summed E-state index contributed by atoms with van der Waals surface area (Å²) in [6.07, 6.45) is 3.99. The molecular weight excluding hydrogens is 586 g/mol. The molecule has 2 aliphatic heterocycles. The van der Waals surface area contributed by atoms with E-state index >= 15 is 0 Å². The summed E-state index contributed by atoms with van der Waals surface area (Å²) in [5.41, 5.74) is 6.43. The number of carbonyl (C=O) groups excluding carboxylic acids is 2. The number of carbonyl (C=O) groups is 2. The molecule has 0 bridgehead atoms. The third kappa shape index (κ3) is 5.40. The number of aromatic nitrogens is 1. The predicted octanol–water partition coefficient (Wildman–Crippen LogP) is 4.52. The normalized spacial score (nSPS) is 20.2. The van der Waals surface area contributed by atoms with Crippen LogP contribution in [-0.2, 0) is 0 Å². The number of rotatable bonds is 4. The van der Waals surface area contributed by atoms with E-state index in [4.69, 9.17) is 0 Å². The van der Waals surface area contributed by atoms with Gasteiger partial charge in [-0.25, -0.2) is 18.2 Å². The molecule has 0 radical (unpaired) electrons. The van der Waals surface area contributed by atoms with Gasteiger partial charge in [0.25, 0.3) is 17.7 Å². The number of hydrogen-bond donors (Lipinski definition) is 2. The van der Waals surface area contributed by atoms with Gasteiger partial charge in [-0.3, -0.25) is 20.4 Å². The average Bonchev–Trinajstić information content (AvgIpc) is 3.62. The highest BCUT2D eigenvalue weighted by molar-refractivity contribution is 14.1. The van der Waals surface area contributed by atoms with Crippen LogP contribution in [0.4, 0.5) is 24.7 Å². The van der Waals surface area contributed by atoms with E-state index in [2.05, 4.69) is 43.3 Å². The van der Waals surface area contributed by atoms with Crippen molar-refractivity contribution in [3.8, 4) is 0 Å².